The molecule has 1 aliphatic rings. The molecular formula is C14H10BrCl2NOS. The highest BCUT2D eigenvalue weighted by Crippen LogP contribution is 2.42. The Kier molecular flexibility index (Phi) is 4.09. The maximum absolute atomic E-state index is 11.4. The van der Waals surface area contributed by atoms with E-state index in [0.717, 1.165) is 28.8 Å². The van der Waals surface area contributed by atoms with Gasteiger partial charge in [-0.2, -0.15) is 0 Å². The zero-order chi connectivity index (χ0) is 14.3. The van der Waals surface area contributed by atoms with Crippen molar-refractivity contribution in [1.82, 2.24) is 0 Å². The van der Waals surface area contributed by atoms with Gasteiger partial charge in [-0.3, -0.25) is 4.79 Å². The summed E-state index contributed by atoms with van der Waals surface area (Å²) in [6, 6.07) is 7.93. The number of thiophene rings is 1. The molecule has 0 bridgehead atoms. The van der Waals surface area contributed by atoms with Crippen molar-refractivity contribution >= 4 is 62.1 Å². The second-order valence-corrected chi connectivity index (χ2v) is 7.81. The molecule has 0 saturated heterocycles. The predicted molar refractivity (Wildman–Crippen MR) is 88.5 cm³/mol. The first-order valence-electron chi connectivity index (χ1n) is 6.06. The molecule has 6 heteroatoms. The van der Waals surface area contributed by atoms with Crippen molar-refractivity contribution in [2.24, 2.45) is 0 Å². The number of nitrogens with one attached hydrogen (secondary N) is 1. The summed E-state index contributed by atoms with van der Waals surface area (Å²) in [6.07, 6.45) is 1.31. The van der Waals surface area contributed by atoms with Crippen LogP contribution in [-0.2, 0) is 11.2 Å². The number of hydrogen-bond acceptors (Lipinski definition) is 2. The molecule has 1 aliphatic heterocycles. The first kappa shape index (κ1) is 14.4. The quantitative estimate of drug-likeness (QED) is 0.681. The maximum Gasteiger partial charge on any atom is 0.224 e. The van der Waals surface area contributed by atoms with Crippen LogP contribution in [0.25, 0.3) is 0 Å². The Hall–Kier alpha value is -0.550. The van der Waals surface area contributed by atoms with E-state index in [1.165, 1.54) is 11.3 Å². The van der Waals surface area contributed by atoms with Gasteiger partial charge >= 0.3 is 0 Å². The number of carbonyl (C=O) groups excluding carboxylic acids is 1. The fraction of sp³-hybridized carbons (Fsp3) is 0.214. The minimum Gasteiger partial charge on any atom is -0.326 e. The van der Waals surface area contributed by atoms with Crippen molar-refractivity contribution in [2.75, 3.05) is 5.32 Å². The molecule has 1 N–H and O–H groups in total. The Bertz CT molecular complexity index is 686. The Labute approximate surface area is 139 Å². The molecule has 0 fully saturated rings. The molecule has 1 amide bonds. The highest BCUT2D eigenvalue weighted by Gasteiger charge is 2.20. The van der Waals surface area contributed by atoms with E-state index in [9.17, 15) is 4.79 Å². The van der Waals surface area contributed by atoms with Gasteiger partial charge in [0, 0.05) is 17.7 Å². The monoisotopic (exact) mass is 389 g/mol. The van der Waals surface area contributed by atoms with Gasteiger partial charge < -0.3 is 5.32 Å². The number of fused-ring (bicyclic) bond motifs is 1. The summed E-state index contributed by atoms with van der Waals surface area (Å²) in [7, 11) is 0. The molecule has 0 aliphatic carbocycles. The van der Waals surface area contributed by atoms with Crippen molar-refractivity contribution < 1.29 is 4.79 Å². The zero-order valence-corrected chi connectivity index (χ0v) is 14.2. The van der Waals surface area contributed by atoms with Crippen LogP contribution >= 0.6 is 50.5 Å². The maximum atomic E-state index is 11.4. The lowest BCUT2D eigenvalue weighted by molar-refractivity contribution is -0.116. The van der Waals surface area contributed by atoms with Crippen LogP contribution in [0.15, 0.2) is 24.3 Å². The average molecular weight is 391 g/mol. The summed E-state index contributed by atoms with van der Waals surface area (Å²) in [6.45, 7) is 0. The molecule has 20 heavy (non-hydrogen) atoms. The number of carbonyl (C=O) groups is 1. The van der Waals surface area contributed by atoms with E-state index in [-0.39, 0.29) is 10.7 Å². The third-order valence-corrected chi connectivity index (χ3v) is 5.81. The summed E-state index contributed by atoms with van der Waals surface area (Å²) in [5.41, 5.74) is 4.14. The molecule has 1 atom stereocenters. The van der Waals surface area contributed by atoms with Crippen LogP contribution in [0.2, 0.25) is 8.67 Å². The molecule has 104 valence electrons. The highest BCUT2D eigenvalue weighted by molar-refractivity contribution is 9.09. The second-order valence-electron chi connectivity index (χ2n) is 4.61. The summed E-state index contributed by atoms with van der Waals surface area (Å²) in [5, 5.41) is 2.88. The first-order chi connectivity index (χ1) is 9.54. The standard InChI is InChI=1S/C14H10BrCl2NOS/c15-13(9-6-11(16)20-14(9)17)8-1-3-10-7(5-8)2-4-12(19)18-10/h1,3,5-6,13H,2,4H2,(H,18,19). The largest absolute Gasteiger partial charge is 0.326 e. The number of aryl methyl sites for hydroxylation is 1. The summed E-state index contributed by atoms with van der Waals surface area (Å²) >= 11 is 17.2. The van der Waals surface area contributed by atoms with E-state index in [1.54, 1.807) is 0 Å². The molecule has 0 radical (unpaired) electrons. The van der Waals surface area contributed by atoms with Crippen LogP contribution < -0.4 is 5.32 Å². The number of alkyl halides is 1. The van der Waals surface area contributed by atoms with Gasteiger partial charge in [0.15, 0.2) is 0 Å². The lowest BCUT2D eigenvalue weighted by Gasteiger charge is -2.19. The van der Waals surface area contributed by atoms with Crippen molar-refractivity contribution in [1.29, 1.82) is 0 Å². The molecule has 2 heterocycles. The molecule has 0 spiro atoms. The zero-order valence-electron chi connectivity index (χ0n) is 10.3. The van der Waals surface area contributed by atoms with Gasteiger partial charge in [0.2, 0.25) is 5.91 Å². The highest BCUT2D eigenvalue weighted by atomic mass is 79.9. The third kappa shape index (κ3) is 2.75. The lowest BCUT2D eigenvalue weighted by atomic mass is 9.98. The van der Waals surface area contributed by atoms with Crippen LogP contribution in [0, 0.1) is 0 Å². The van der Waals surface area contributed by atoms with Crippen LogP contribution in [0.1, 0.15) is 27.9 Å². The van der Waals surface area contributed by atoms with Gasteiger partial charge in [0.1, 0.15) is 0 Å². The molecule has 1 aromatic heterocycles. The van der Waals surface area contributed by atoms with Gasteiger partial charge in [-0.25, -0.2) is 0 Å². The average Bonchev–Trinajstić information content (AvgIpc) is 2.76. The Morgan fingerprint density at radius 1 is 1.25 bits per heavy atom. The molecule has 3 rings (SSSR count). The fourth-order valence-corrected chi connectivity index (χ4v) is 4.73. The minimum atomic E-state index is 0.00155. The van der Waals surface area contributed by atoms with E-state index >= 15 is 0 Å². The topological polar surface area (TPSA) is 29.1 Å². The molecule has 2 aromatic rings. The summed E-state index contributed by atoms with van der Waals surface area (Å²) in [5.74, 6) is 0.0771. The first-order valence-corrected chi connectivity index (χ1v) is 8.55. The van der Waals surface area contributed by atoms with E-state index in [2.05, 4.69) is 27.3 Å². The fourth-order valence-electron chi connectivity index (χ4n) is 2.27. The third-order valence-electron chi connectivity index (χ3n) is 3.27. The Morgan fingerprint density at radius 3 is 2.75 bits per heavy atom. The molecule has 2 nitrogen and oxygen atoms in total. The smallest absolute Gasteiger partial charge is 0.224 e. The molecule has 1 unspecified atom stereocenters. The molecule has 0 saturated carbocycles. The number of amides is 1. The van der Waals surface area contributed by atoms with Gasteiger partial charge in [-0.05, 0) is 29.7 Å². The predicted octanol–water partition coefficient (Wildman–Crippen LogP) is 5.42. The van der Waals surface area contributed by atoms with E-state index < -0.39 is 0 Å². The number of anilines is 1. The second kappa shape index (κ2) is 5.68. The lowest BCUT2D eigenvalue weighted by Crippen LogP contribution is -2.19. The van der Waals surface area contributed by atoms with Crippen molar-refractivity contribution in [2.45, 2.75) is 17.7 Å². The normalized spacial score (nSPS) is 15.7. The number of halogens is 3. The van der Waals surface area contributed by atoms with Crippen molar-refractivity contribution in [3.05, 3.63) is 49.6 Å². The Morgan fingerprint density at radius 2 is 2.05 bits per heavy atom. The van der Waals surface area contributed by atoms with Gasteiger partial charge in [-0.15, -0.1) is 11.3 Å². The SMILES string of the molecule is O=C1CCc2cc(C(Br)c3cc(Cl)sc3Cl)ccc2N1. The van der Waals surface area contributed by atoms with Crippen LogP contribution in [0.4, 0.5) is 5.69 Å². The summed E-state index contributed by atoms with van der Waals surface area (Å²) < 4.78 is 1.38. The van der Waals surface area contributed by atoms with E-state index in [0.29, 0.717) is 15.1 Å². The molecular weight excluding hydrogens is 381 g/mol. The van der Waals surface area contributed by atoms with E-state index in [4.69, 9.17) is 23.2 Å². The van der Waals surface area contributed by atoms with Crippen molar-refractivity contribution in [3.8, 4) is 0 Å². The van der Waals surface area contributed by atoms with Crippen LogP contribution in [0.5, 0.6) is 0 Å². The number of rotatable bonds is 2. The van der Waals surface area contributed by atoms with Crippen LogP contribution in [0.3, 0.4) is 0 Å². The molecule has 1 aromatic carbocycles. The number of hydrogen-bond donors (Lipinski definition) is 1. The summed E-state index contributed by atoms with van der Waals surface area (Å²) in [4.78, 5) is 11.4. The van der Waals surface area contributed by atoms with Gasteiger partial charge in [0.05, 0.1) is 13.5 Å². The van der Waals surface area contributed by atoms with Crippen molar-refractivity contribution in [3.63, 3.8) is 0 Å². The number of benzene rings is 1. The van der Waals surface area contributed by atoms with Crippen LogP contribution in [-0.4, -0.2) is 5.91 Å². The van der Waals surface area contributed by atoms with Gasteiger partial charge in [0.25, 0.3) is 0 Å². The Balaban J connectivity index is 1.95. The van der Waals surface area contributed by atoms with Gasteiger partial charge in [-0.1, -0.05) is 51.3 Å². The minimum absolute atomic E-state index is 0.00155. The van der Waals surface area contributed by atoms with E-state index in [1.807, 2.05) is 18.2 Å².